The van der Waals surface area contributed by atoms with Crippen molar-refractivity contribution < 1.29 is 27.5 Å². The molecule has 5 rings (SSSR count). The number of rotatable bonds is 2. The van der Waals surface area contributed by atoms with E-state index in [-0.39, 0.29) is 17.6 Å². The Labute approximate surface area is 182 Å². The number of amides is 2. The van der Waals surface area contributed by atoms with Gasteiger partial charge in [0.1, 0.15) is 11.4 Å². The summed E-state index contributed by atoms with van der Waals surface area (Å²) in [7, 11) is 0. The number of nitrogens with one attached hydrogen (secondary N) is 2. The standard InChI is InChI=1S/C24H21F3N2O3/c25-24(26,27)16-4-6-18-15(13-23(8-1-9-23)32-20(18)11-16)10-22(31)28-17-5-2-14-3-7-21(30)29-19(14)12-17/h2,4-6,10-12H,1,3,7-9,13H2,(H,28,31)(H,29,30)/b15-10+. The predicted molar refractivity (Wildman–Crippen MR) is 113 cm³/mol. The number of fused-ring (bicyclic) bond motifs is 2. The topological polar surface area (TPSA) is 67.4 Å². The Hall–Kier alpha value is -3.29. The molecule has 1 saturated carbocycles. The van der Waals surface area contributed by atoms with Gasteiger partial charge in [0.05, 0.1) is 5.56 Å². The number of aryl methyl sites for hydroxylation is 1. The van der Waals surface area contributed by atoms with Gasteiger partial charge in [-0.05, 0) is 61.1 Å². The molecule has 32 heavy (non-hydrogen) atoms. The summed E-state index contributed by atoms with van der Waals surface area (Å²) in [6.45, 7) is 0. The molecule has 5 nitrogen and oxygen atoms in total. The van der Waals surface area contributed by atoms with Gasteiger partial charge < -0.3 is 15.4 Å². The number of carbonyl (C=O) groups excluding carboxylic acids is 2. The summed E-state index contributed by atoms with van der Waals surface area (Å²) in [6, 6.07) is 8.75. The Bertz CT molecular complexity index is 1150. The average molecular weight is 442 g/mol. The zero-order valence-electron chi connectivity index (χ0n) is 17.1. The van der Waals surface area contributed by atoms with Gasteiger partial charge in [-0.2, -0.15) is 13.2 Å². The van der Waals surface area contributed by atoms with Gasteiger partial charge in [-0.15, -0.1) is 0 Å². The van der Waals surface area contributed by atoms with Crippen molar-refractivity contribution in [2.75, 3.05) is 10.6 Å². The monoisotopic (exact) mass is 442 g/mol. The van der Waals surface area contributed by atoms with Crippen LogP contribution in [0.1, 0.15) is 48.8 Å². The highest BCUT2D eigenvalue weighted by molar-refractivity contribution is 6.05. The number of anilines is 2. The van der Waals surface area contributed by atoms with Gasteiger partial charge >= 0.3 is 6.18 Å². The molecule has 2 aliphatic heterocycles. The van der Waals surface area contributed by atoms with E-state index < -0.39 is 17.3 Å². The maximum Gasteiger partial charge on any atom is 0.416 e. The lowest BCUT2D eigenvalue weighted by Crippen LogP contribution is -2.45. The van der Waals surface area contributed by atoms with Crippen LogP contribution in [0.4, 0.5) is 24.5 Å². The van der Waals surface area contributed by atoms with Gasteiger partial charge in [0.2, 0.25) is 11.8 Å². The first-order chi connectivity index (χ1) is 15.2. The summed E-state index contributed by atoms with van der Waals surface area (Å²) in [5.41, 5.74) is 2.06. The number of hydrogen-bond acceptors (Lipinski definition) is 3. The van der Waals surface area contributed by atoms with Crippen molar-refractivity contribution >= 4 is 28.8 Å². The molecule has 0 unspecified atom stereocenters. The van der Waals surface area contributed by atoms with Gasteiger partial charge in [0.15, 0.2) is 0 Å². The highest BCUT2D eigenvalue weighted by atomic mass is 19.4. The van der Waals surface area contributed by atoms with Crippen molar-refractivity contribution in [1.82, 2.24) is 0 Å². The van der Waals surface area contributed by atoms with E-state index in [4.69, 9.17) is 4.74 Å². The third-order valence-electron chi connectivity index (χ3n) is 6.34. The van der Waals surface area contributed by atoms with Crippen molar-refractivity contribution in [1.29, 1.82) is 0 Å². The minimum absolute atomic E-state index is 0.0640. The maximum absolute atomic E-state index is 13.2. The first kappa shape index (κ1) is 20.6. The van der Waals surface area contributed by atoms with Crippen LogP contribution < -0.4 is 15.4 Å². The number of hydrogen-bond donors (Lipinski definition) is 2. The Balaban J connectivity index is 1.42. The quantitative estimate of drug-likeness (QED) is 0.619. The van der Waals surface area contributed by atoms with E-state index in [2.05, 4.69) is 10.6 Å². The molecule has 1 aliphatic carbocycles. The molecule has 2 aromatic rings. The van der Waals surface area contributed by atoms with E-state index in [1.165, 1.54) is 12.1 Å². The molecule has 1 spiro atoms. The first-order valence-corrected chi connectivity index (χ1v) is 10.6. The minimum atomic E-state index is -4.47. The molecular weight excluding hydrogens is 421 g/mol. The van der Waals surface area contributed by atoms with E-state index in [9.17, 15) is 22.8 Å². The van der Waals surface area contributed by atoms with Crippen LogP contribution in [-0.2, 0) is 22.2 Å². The summed E-state index contributed by atoms with van der Waals surface area (Å²) in [4.78, 5) is 24.4. The van der Waals surface area contributed by atoms with Gasteiger partial charge in [0.25, 0.3) is 0 Å². The van der Waals surface area contributed by atoms with Gasteiger partial charge in [-0.25, -0.2) is 0 Å². The van der Waals surface area contributed by atoms with E-state index in [1.807, 2.05) is 6.07 Å². The summed E-state index contributed by atoms with van der Waals surface area (Å²) < 4.78 is 45.5. The lowest BCUT2D eigenvalue weighted by molar-refractivity contribution is -0.138. The lowest BCUT2D eigenvalue weighted by Gasteiger charge is -2.46. The smallest absolute Gasteiger partial charge is 0.416 e. The molecule has 0 atom stereocenters. The van der Waals surface area contributed by atoms with Crippen molar-refractivity contribution in [3.8, 4) is 5.75 Å². The second-order valence-corrected chi connectivity index (χ2v) is 8.60. The molecule has 2 heterocycles. The summed E-state index contributed by atoms with van der Waals surface area (Å²) in [5, 5.41) is 5.59. The highest BCUT2D eigenvalue weighted by Gasteiger charge is 2.44. The molecule has 0 radical (unpaired) electrons. The molecule has 2 amide bonds. The van der Waals surface area contributed by atoms with Gasteiger partial charge in [-0.1, -0.05) is 12.1 Å². The third-order valence-corrected chi connectivity index (χ3v) is 6.34. The summed E-state index contributed by atoms with van der Waals surface area (Å²) in [5.74, 6) is -0.281. The summed E-state index contributed by atoms with van der Waals surface area (Å²) in [6.07, 6.45) is 0.951. The van der Waals surface area contributed by atoms with Gasteiger partial charge in [-0.3, -0.25) is 9.59 Å². The van der Waals surface area contributed by atoms with Crippen LogP contribution in [0.5, 0.6) is 5.75 Å². The minimum Gasteiger partial charge on any atom is -0.486 e. The van der Waals surface area contributed by atoms with Crippen LogP contribution in [0.3, 0.4) is 0 Å². The highest BCUT2D eigenvalue weighted by Crippen LogP contribution is 2.50. The SMILES string of the molecule is O=C(/C=C1\CC2(CCC2)Oc2cc(C(F)(F)F)ccc21)Nc1ccc2c(c1)NC(=O)CC2. The number of carbonyl (C=O) groups is 2. The van der Waals surface area contributed by atoms with E-state index >= 15 is 0 Å². The van der Waals surface area contributed by atoms with Crippen molar-refractivity contribution in [2.24, 2.45) is 0 Å². The molecule has 0 bridgehead atoms. The third kappa shape index (κ3) is 3.85. The molecule has 0 saturated heterocycles. The van der Waals surface area contributed by atoms with E-state index in [1.54, 1.807) is 12.1 Å². The van der Waals surface area contributed by atoms with Crippen molar-refractivity contribution in [3.63, 3.8) is 0 Å². The lowest BCUT2D eigenvalue weighted by atomic mass is 9.72. The number of benzene rings is 2. The normalized spacial score (nSPS) is 20.0. The molecule has 8 heteroatoms. The Morgan fingerprint density at radius 1 is 1.12 bits per heavy atom. The molecule has 3 aliphatic rings. The van der Waals surface area contributed by atoms with E-state index in [0.717, 1.165) is 37.0 Å². The molecule has 0 aromatic heterocycles. The second kappa shape index (κ2) is 7.39. The fraction of sp³-hybridized carbons (Fsp3) is 0.333. The maximum atomic E-state index is 13.2. The largest absolute Gasteiger partial charge is 0.486 e. The number of halogens is 3. The van der Waals surface area contributed by atoms with Crippen LogP contribution in [0, 0.1) is 0 Å². The van der Waals surface area contributed by atoms with Gasteiger partial charge in [0, 0.05) is 35.9 Å². The summed E-state index contributed by atoms with van der Waals surface area (Å²) >= 11 is 0. The number of ether oxygens (including phenoxy) is 1. The average Bonchev–Trinajstić information content (AvgIpc) is 2.71. The van der Waals surface area contributed by atoms with Crippen LogP contribution in [0.15, 0.2) is 42.5 Å². The Kier molecular flexibility index (Phi) is 4.76. The van der Waals surface area contributed by atoms with E-state index in [0.29, 0.717) is 41.8 Å². The molecule has 166 valence electrons. The fourth-order valence-corrected chi connectivity index (χ4v) is 4.52. The molecular formula is C24H21F3N2O3. The van der Waals surface area contributed by atoms with Crippen molar-refractivity contribution in [3.05, 3.63) is 59.2 Å². The van der Waals surface area contributed by atoms with Crippen LogP contribution >= 0.6 is 0 Å². The van der Waals surface area contributed by atoms with Crippen LogP contribution in [0.25, 0.3) is 5.57 Å². The zero-order chi connectivity index (χ0) is 22.5. The number of alkyl halides is 3. The zero-order valence-corrected chi connectivity index (χ0v) is 17.1. The predicted octanol–water partition coefficient (Wildman–Crippen LogP) is 5.32. The first-order valence-electron chi connectivity index (χ1n) is 10.6. The second-order valence-electron chi connectivity index (χ2n) is 8.60. The van der Waals surface area contributed by atoms with Crippen molar-refractivity contribution in [2.45, 2.75) is 50.3 Å². The molecule has 2 N–H and O–H groups in total. The molecule has 1 fully saturated rings. The van der Waals surface area contributed by atoms with Crippen LogP contribution in [0.2, 0.25) is 0 Å². The Morgan fingerprint density at radius 3 is 2.66 bits per heavy atom. The Morgan fingerprint density at radius 2 is 1.94 bits per heavy atom. The van der Waals surface area contributed by atoms with Crippen LogP contribution in [-0.4, -0.2) is 17.4 Å². The fourth-order valence-electron chi connectivity index (χ4n) is 4.52. The molecule has 2 aromatic carbocycles.